The van der Waals surface area contributed by atoms with Crippen LogP contribution in [0, 0.1) is 12.7 Å². The Morgan fingerprint density at radius 2 is 2.25 bits per heavy atom. The molecule has 0 unspecified atom stereocenters. The standard InChI is InChI=1S/C15H17ClFN3/c1-10-18-7-13(8-19-12-3-4-12)20(10)9-11-2-5-15(17)14(16)6-11/h2,5-7,12,19H,3-4,8-9H2,1H3. The molecular formula is C15H17ClFN3. The van der Waals surface area contributed by atoms with Crippen LogP contribution in [0.3, 0.4) is 0 Å². The lowest BCUT2D eigenvalue weighted by molar-refractivity contribution is 0.619. The number of rotatable bonds is 5. The smallest absolute Gasteiger partial charge is 0.141 e. The number of hydrogen-bond acceptors (Lipinski definition) is 2. The monoisotopic (exact) mass is 293 g/mol. The maximum absolute atomic E-state index is 13.2. The fourth-order valence-corrected chi connectivity index (χ4v) is 2.43. The predicted octanol–water partition coefficient (Wildman–Crippen LogP) is 3.28. The Morgan fingerprint density at radius 1 is 1.45 bits per heavy atom. The number of aryl methyl sites for hydroxylation is 1. The van der Waals surface area contributed by atoms with Gasteiger partial charge in [-0.3, -0.25) is 0 Å². The summed E-state index contributed by atoms with van der Waals surface area (Å²) in [6.07, 6.45) is 4.43. The zero-order chi connectivity index (χ0) is 14.1. The summed E-state index contributed by atoms with van der Waals surface area (Å²) in [7, 11) is 0. The van der Waals surface area contributed by atoms with E-state index >= 15 is 0 Å². The van der Waals surface area contributed by atoms with Gasteiger partial charge in [-0.1, -0.05) is 17.7 Å². The second-order valence-electron chi connectivity index (χ2n) is 5.29. The van der Waals surface area contributed by atoms with Crippen LogP contribution in [0.2, 0.25) is 5.02 Å². The zero-order valence-electron chi connectivity index (χ0n) is 11.4. The summed E-state index contributed by atoms with van der Waals surface area (Å²) in [4.78, 5) is 4.37. The molecule has 2 aromatic rings. The van der Waals surface area contributed by atoms with Gasteiger partial charge in [0.2, 0.25) is 0 Å². The van der Waals surface area contributed by atoms with Crippen molar-refractivity contribution < 1.29 is 4.39 Å². The summed E-state index contributed by atoms with van der Waals surface area (Å²) in [6, 6.07) is 5.51. The van der Waals surface area contributed by atoms with Gasteiger partial charge in [0.05, 0.1) is 10.7 Å². The summed E-state index contributed by atoms with van der Waals surface area (Å²) in [5.41, 5.74) is 2.13. The highest BCUT2D eigenvalue weighted by Gasteiger charge is 2.21. The lowest BCUT2D eigenvalue weighted by Gasteiger charge is -2.11. The first kappa shape index (κ1) is 13.6. The molecule has 1 aliphatic carbocycles. The molecule has 1 saturated carbocycles. The highest BCUT2D eigenvalue weighted by atomic mass is 35.5. The second-order valence-corrected chi connectivity index (χ2v) is 5.69. The summed E-state index contributed by atoms with van der Waals surface area (Å²) in [6.45, 7) is 3.46. The van der Waals surface area contributed by atoms with Crippen LogP contribution < -0.4 is 5.32 Å². The van der Waals surface area contributed by atoms with E-state index in [1.165, 1.54) is 18.9 Å². The van der Waals surface area contributed by atoms with Gasteiger partial charge < -0.3 is 9.88 Å². The first-order valence-electron chi connectivity index (χ1n) is 6.82. The normalized spacial score (nSPS) is 14.8. The molecule has 1 aliphatic rings. The first-order valence-corrected chi connectivity index (χ1v) is 7.19. The molecule has 3 nitrogen and oxygen atoms in total. The Bertz CT molecular complexity index is 620. The molecule has 0 radical (unpaired) electrons. The molecule has 20 heavy (non-hydrogen) atoms. The minimum atomic E-state index is -0.381. The topological polar surface area (TPSA) is 29.9 Å². The van der Waals surface area contributed by atoms with Gasteiger partial charge in [0, 0.05) is 25.3 Å². The van der Waals surface area contributed by atoms with Crippen LogP contribution in [0.1, 0.15) is 29.9 Å². The van der Waals surface area contributed by atoms with Crippen LogP contribution in [0.25, 0.3) is 0 Å². The molecule has 106 valence electrons. The molecule has 1 aromatic carbocycles. The van der Waals surface area contributed by atoms with Gasteiger partial charge in [0.1, 0.15) is 11.6 Å². The van der Waals surface area contributed by atoms with Gasteiger partial charge in [-0.25, -0.2) is 9.37 Å². The van der Waals surface area contributed by atoms with Crippen LogP contribution >= 0.6 is 11.6 Å². The van der Waals surface area contributed by atoms with Gasteiger partial charge in [-0.05, 0) is 37.5 Å². The molecule has 1 fully saturated rings. The van der Waals surface area contributed by atoms with Crippen LogP contribution in [0.4, 0.5) is 4.39 Å². The van der Waals surface area contributed by atoms with E-state index in [2.05, 4.69) is 14.9 Å². The number of halogens is 2. The number of aromatic nitrogens is 2. The fourth-order valence-electron chi connectivity index (χ4n) is 2.23. The molecule has 5 heteroatoms. The minimum absolute atomic E-state index is 0.165. The quantitative estimate of drug-likeness (QED) is 0.917. The van der Waals surface area contributed by atoms with E-state index in [1.54, 1.807) is 12.1 Å². The molecule has 0 atom stereocenters. The summed E-state index contributed by atoms with van der Waals surface area (Å²) in [5.74, 6) is 0.575. The molecule has 0 spiro atoms. The van der Waals surface area contributed by atoms with E-state index in [9.17, 15) is 4.39 Å². The van der Waals surface area contributed by atoms with Gasteiger partial charge in [-0.2, -0.15) is 0 Å². The maximum atomic E-state index is 13.2. The summed E-state index contributed by atoms with van der Waals surface area (Å²) < 4.78 is 15.3. The molecule has 3 rings (SSSR count). The molecular weight excluding hydrogens is 277 g/mol. The van der Waals surface area contributed by atoms with Crippen molar-refractivity contribution in [1.29, 1.82) is 0 Å². The van der Waals surface area contributed by atoms with Crippen molar-refractivity contribution in [2.24, 2.45) is 0 Å². The van der Waals surface area contributed by atoms with E-state index in [1.807, 2.05) is 13.1 Å². The highest BCUT2D eigenvalue weighted by Crippen LogP contribution is 2.20. The molecule has 0 amide bonds. The predicted molar refractivity (Wildman–Crippen MR) is 77.3 cm³/mol. The Hall–Kier alpha value is -1.39. The molecule has 1 heterocycles. The number of imidazole rings is 1. The minimum Gasteiger partial charge on any atom is -0.327 e. The van der Waals surface area contributed by atoms with Gasteiger partial charge >= 0.3 is 0 Å². The second kappa shape index (κ2) is 5.54. The van der Waals surface area contributed by atoms with Crippen LogP contribution in [0.5, 0.6) is 0 Å². The van der Waals surface area contributed by atoms with Crippen LogP contribution in [-0.4, -0.2) is 15.6 Å². The van der Waals surface area contributed by atoms with E-state index in [4.69, 9.17) is 11.6 Å². The third-order valence-electron chi connectivity index (χ3n) is 3.61. The number of hydrogen-bond donors (Lipinski definition) is 1. The van der Waals surface area contributed by atoms with Gasteiger partial charge in [-0.15, -0.1) is 0 Å². The molecule has 1 N–H and O–H groups in total. The fraction of sp³-hybridized carbons (Fsp3) is 0.400. The van der Waals surface area contributed by atoms with Gasteiger partial charge in [0.15, 0.2) is 0 Å². The third-order valence-corrected chi connectivity index (χ3v) is 3.90. The molecule has 0 aliphatic heterocycles. The van der Waals surface area contributed by atoms with Crippen molar-refractivity contribution in [3.05, 3.63) is 52.3 Å². The number of nitrogens with zero attached hydrogens (tertiary/aromatic N) is 2. The summed E-state index contributed by atoms with van der Waals surface area (Å²) >= 11 is 5.83. The SMILES string of the molecule is Cc1ncc(CNC2CC2)n1Cc1ccc(F)c(Cl)c1. The van der Waals surface area contributed by atoms with Crippen molar-refractivity contribution in [2.45, 2.75) is 38.9 Å². The number of nitrogens with one attached hydrogen (secondary N) is 1. The van der Waals surface area contributed by atoms with Crippen molar-refractivity contribution >= 4 is 11.6 Å². The summed E-state index contributed by atoms with van der Waals surface area (Å²) in [5, 5.41) is 3.65. The first-order chi connectivity index (χ1) is 9.63. The van der Waals surface area contributed by atoms with E-state index in [0.717, 1.165) is 23.6 Å². The van der Waals surface area contributed by atoms with Crippen molar-refractivity contribution in [1.82, 2.24) is 14.9 Å². The van der Waals surface area contributed by atoms with Gasteiger partial charge in [0.25, 0.3) is 0 Å². The Kier molecular flexibility index (Phi) is 3.76. The Labute approximate surface area is 122 Å². The Balaban J connectivity index is 1.77. The zero-order valence-corrected chi connectivity index (χ0v) is 12.1. The molecule has 0 saturated heterocycles. The van der Waals surface area contributed by atoms with Crippen molar-refractivity contribution in [3.63, 3.8) is 0 Å². The van der Waals surface area contributed by atoms with E-state index in [-0.39, 0.29) is 10.8 Å². The molecule has 1 aromatic heterocycles. The maximum Gasteiger partial charge on any atom is 0.141 e. The Morgan fingerprint density at radius 3 is 2.95 bits per heavy atom. The third kappa shape index (κ3) is 3.02. The molecule has 0 bridgehead atoms. The lowest BCUT2D eigenvalue weighted by Crippen LogP contribution is -2.18. The largest absolute Gasteiger partial charge is 0.327 e. The van der Waals surface area contributed by atoms with E-state index in [0.29, 0.717) is 12.6 Å². The van der Waals surface area contributed by atoms with E-state index < -0.39 is 0 Å². The number of benzene rings is 1. The average Bonchev–Trinajstić information content (AvgIpc) is 3.19. The van der Waals surface area contributed by atoms with Crippen molar-refractivity contribution in [2.75, 3.05) is 0 Å². The van der Waals surface area contributed by atoms with Crippen LogP contribution in [0.15, 0.2) is 24.4 Å². The van der Waals surface area contributed by atoms with Crippen LogP contribution in [-0.2, 0) is 13.1 Å². The average molecular weight is 294 g/mol. The van der Waals surface area contributed by atoms with Crippen molar-refractivity contribution in [3.8, 4) is 0 Å². The lowest BCUT2D eigenvalue weighted by atomic mass is 10.2. The highest BCUT2D eigenvalue weighted by molar-refractivity contribution is 6.30.